The van der Waals surface area contributed by atoms with E-state index >= 15 is 0 Å². The largest absolute Gasteiger partial charge is 0.495 e. The first-order valence-corrected chi connectivity index (χ1v) is 9.57. The van der Waals surface area contributed by atoms with Crippen LogP contribution in [0.1, 0.15) is 33.5 Å². The van der Waals surface area contributed by atoms with E-state index in [1.165, 1.54) is 11.8 Å². The van der Waals surface area contributed by atoms with E-state index in [1.807, 2.05) is 52.0 Å². The number of thioether (sulfide) groups is 1. The highest BCUT2D eigenvalue weighted by molar-refractivity contribution is 7.99. The molecule has 0 saturated heterocycles. The summed E-state index contributed by atoms with van der Waals surface area (Å²) in [5.41, 5.74) is 6.27. The minimum Gasteiger partial charge on any atom is -0.495 e. The van der Waals surface area contributed by atoms with Crippen molar-refractivity contribution in [1.82, 2.24) is 20.3 Å². The van der Waals surface area contributed by atoms with Crippen LogP contribution in [0.5, 0.6) is 5.75 Å². The number of anilines is 3. The molecule has 0 radical (unpaired) electrons. The van der Waals surface area contributed by atoms with Gasteiger partial charge in [0.25, 0.3) is 0 Å². The van der Waals surface area contributed by atoms with Crippen LogP contribution in [0.25, 0.3) is 0 Å². The van der Waals surface area contributed by atoms with Gasteiger partial charge in [-0.25, -0.2) is 0 Å². The molecule has 27 heavy (non-hydrogen) atoms. The number of carbonyl (C=O) groups is 1. The van der Waals surface area contributed by atoms with Crippen LogP contribution in [-0.4, -0.2) is 38.8 Å². The van der Waals surface area contributed by atoms with Gasteiger partial charge in [-0.2, -0.15) is 15.0 Å². The number of hydrogen-bond acceptors (Lipinski definition) is 8. The second-order valence-electron chi connectivity index (χ2n) is 6.95. The lowest BCUT2D eigenvalue weighted by Gasteiger charge is -2.22. The summed E-state index contributed by atoms with van der Waals surface area (Å²) in [6, 6.07) is 7.44. The lowest BCUT2D eigenvalue weighted by atomic mass is 10.1. The van der Waals surface area contributed by atoms with Gasteiger partial charge < -0.3 is 21.1 Å². The highest BCUT2D eigenvalue weighted by Gasteiger charge is 2.20. The number of methoxy groups -OCH3 is 1. The maximum atomic E-state index is 12.2. The number of nitrogens with one attached hydrogen (secondary N) is 2. The fraction of sp³-hybridized carbons (Fsp3) is 0.444. The number of rotatable bonds is 7. The molecule has 0 fully saturated rings. The van der Waals surface area contributed by atoms with Crippen molar-refractivity contribution in [2.24, 2.45) is 0 Å². The third kappa shape index (κ3) is 6.59. The van der Waals surface area contributed by atoms with Gasteiger partial charge in [0.05, 0.1) is 23.8 Å². The zero-order valence-electron chi connectivity index (χ0n) is 16.2. The first-order chi connectivity index (χ1) is 12.7. The molecule has 0 unspecified atom stereocenters. The van der Waals surface area contributed by atoms with E-state index in [0.29, 0.717) is 23.3 Å². The number of aromatic nitrogens is 3. The highest BCUT2D eigenvalue weighted by atomic mass is 32.2. The number of nitrogens with zero attached hydrogens (tertiary/aromatic N) is 3. The van der Waals surface area contributed by atoms with Crippen LogP contribution in [-0.2, 0) is 10.5 Å². The number of para-hydroxylation sites is 2. The van der Waals surface area contributed by atoms with Gasteiger partial charge in [0.15, 0.2) is 0 Å². The molecule has 8 nitrogen and oxygen atoms in total. The molecule has 1 atom stereocenters. The molecule has 0 spiro atoms. The normalized spacial score (nSPS) is 12.3. The van der Waals surface area contributed by atoms with Gasteiger partial charge >= 0.3 is 0 Å². The third-order valence-electron chi connectivity index (χ3n) is 3.38. The summed E-state index contributed by atoms with van der Waals surface area (Å²) >= 11 is 1.44. The van der Waals surface area contributed by atoms with Crippen molar-refractivity contribution in [2.75, 3.05) is 18.2 Å². The summed E-state index contributed by atoms with van der Waals surface area (Å²) in [5, 5.41) is 5.81. The number of ether oxygens (including phenoxy) is 1. The summed E-state index contributed by atoms with van der Waals surface area (Å²) in [5.74, 6) is 2.02. The molecule has 1 aromatic heterocycles. The molecule has 1 aromatic carbocycles. The molecular formula is C18H26N6O2S. The Morgan fingerprint density at radius 2 is 1.96 bits per heavy atom. The third-order valence-corrected chi connectivity index (χ3v) is 4.52. The predicted octanol–water partition coefficient (Wildman–Crippen LogP) is 2.74. The van der Waals surface area contributed by atoms with Crippen molar-refractivity contribution in [1.29, 1.82) is 0 Å². The summed E-state index contributed by atoms with van der Waals surface area (Å²) in [6.45, 7) is 7.70. The molecule has 0 aliphatic heterocycles. The van der Waals surface area contributed by atoms with Gasteiger partial charge in [0, 0.05) is 5.54 Å². The maximum Gasteiger partial charge on any atom is 0.233 e. The van der Waals surface area contributed by atoms with Crippen LogP contribution in [0.4, 0.5) is 17.6 Å². The van der Waals surface area contributed by atoms with Crippen LogP contribution in [0.3, 0.4) is 0 Å². The molecule has 146 valence electrons. The van der Waals surface area contributed by atoms with Gasteiger partial charge in [-0.15, -0.1) is 11.8 Å². The van der Waals surface area contributed by atoms with E-state index in [2.05, 4.69) is 25.6 Å². The molecule has 0 saturated carbocycles. The molecule has 0 aliphatic carbocycles. The average Bonchev–Trinajstić information content (AvgIpc) is 2.58. The summed E-state index contributed by atoms with van der Waals surface area (Å²) in [7, 11) is 1.59. The Kier molecular flexibility index (Phi) is 6.84. The van der Waals surface area contributed by atoms with E-state index < -0.39 is 0 Å². The minimum atomic E-state index is -0.269. The van der Waals surface area contributed by atoms with Gasteiger partial charge in [-0.1, -0.05) is 12.1 Å². The van der Waals surface area contributed by atoms with Crippen LogP contribution < -0.4 is 21.1 Å². The number of nitrogens with two attached hydrogens (primary N) is 1. The first kappa shape index (κ1) is 20.8. The fourth-order valence-corrected chi connectivity index (χ4v) is 2.91. The molecule has 2 aromatic rings. The highest BCUT2D eigenvalue weighted by Crippen LogP contribution is 2.26. The monoisotopic (exact) mass is 390 g/mol. The quantitative estimate of drug-likeness (QED) is 0.661. The van der Waals surface area contributed by atoms with E-state index in [1.54, 1.807) is 7.11 Å². The second kappa shape index (κ2) is 8.90. The van der Waals surface area contributed by atoms with Crippen LogP contribution in [0.15, 0.2) is 24.3 Å². The molecule has 0 aliphatic rings. The van der Waals surface area contributed by atoms with Crippen LogP contribution in [0, 0.1) is 0 Å². The van der Waals surface area contributed by atoms with Gasteiger partial charge in [0.1, 0.15) is 11.6 Å². The number of hydrogen-bond donors (Lipinski definition) is 3. The standard InChI is InChI=1S/C18H26N6O2S/c1-11(15(25)24-18(2,3)4)27-10-14-21-16(19)23-17(22-14)20-12-8-6-7-9-13(12)26-5/h6-9,11H,10H2,1-5H3,(H,24,25)(H3,19,20,21,22,23)/t11-/m1/s1. The average molecular weight is 391 g/mol. The summed E-state index contributed by atoms with van der Waals surface area (Å²) < 4.78 is 5.31. The zero-order chi connectivity index (χ0) is 20.0. The molecule has 9 heteroatoms. The van der Waals surface area contributed by atoms with Gasteiger partial charge in [0.2, 0.25) is 17.8 Å². The SMILES string of the molecule is COc1ccccc1Nc1nc(N)nc(CS[C@H](C)C(=O)NC(C)(C)C)n1. The van der Waals surface area contributed by atoms with Crippen LogP contribution in [0.2, 0.25) is 0 Å². The Bertz CT molecular complexity index is 794. The Labute approximate surface area is 163 Å². The van der Waals surface area contributed by atoms with Crippen molar-refractivity contribution in [2.45, 2.75) is 44.2 Å². The van der Waals surface area contributed by atoms with Crippen molar-refractivity contribution in [3.05, 3.63) is 30.1 Å². The Morgan fingerprint density at radius 3 is 2.63 bits per heavy atom. The van der Waals surface area contributed by atoms with Gasteiger partial charge in [-0.3, -0.25) is 4.79 Å². The van der Waals surface area contributed by atoms with Crippen molar-refractivity contribution in [3.8, 4) is 5.75 Å². The number of carbonyl (C=O) groups excluding carboxylic acids is 1. The topological polar surface area (TPSA) is 115 Å². The van der Waals surface area contributed by atoms with Crippen molar-refractivity contribution in [3.63, 3.8) is 0 Å². The Morgan fingerprint density at radius 1 is 1.26 bits per heavy atom. The second-order valence-corrected chi connectivity index (χ2v) is 8.28. The number of nitrogen functional groups attached to an aromatic ring is 1. The maximum absolute atomic E-state index is 12.2. The van der Waals surface area contributed by atoms with Crippen LogP contribution >= 0.6 is 11.8 Å². The fourth-order valence-electron chi connectivity index (χ4n) is 2.17. The predicted molar refractivity (Wildman–Crippen MR) is 109 cm³/mol. The molecule has 0 bridgehead atoms. The van der Waals surface area contributed by atoms with Crippen molar-refractivity contribution < 1.29 is 9.53 Å². The molecule has 2 rings (SSSR count). The Balaban J connectivity index is 2.05. The zero-order valence-corrected chi connectivity index (χ0v) is 17.1. The Hall–Kier alpha value is -2.55. The molecule has 4 N–H and O–H groups in total. The smallest absolute Gasteiger partial charge is 0.233 e. The molecule has 1 amide bonds. The van der Waals surface area contributed by atoms with E-state index in [9.17, 15) is 4.79 Å². The van der Waals surface area contributed by atoms with Crippen molar-refractivity contribution >= 4 is 35.3 Å². The molecular weight excluding hydrogens is 364 g/mol. The summed E-state index contributed by atoms with van der Waals surface area (Å²) in [4.78, 5) is 24.8. The van der Waals surface area contributed by atoms with E-state index in [4.69, 9.17) is 10.5 Å². The molecule has 1 heterocycles. The summed E-state index contributed by atoms with van der Waals surface area (Å²) in [6.07, 6.45) is 0. The first-order valence-electron chi connectivity index (χ1n) is 8.52. The number of benzene rings is 1. The minimum absolute atomic E-state index is 0.0260. The van der Waals surface area contributed by atoms with E-state index in [-0.39, 0.29) is 22.6 Å². The van der Waals surface area contributed by atoms with E-state index in [0.717, 1.165) is 5.69 Å². The lowest BCUT2D eigenvalue weighted by Crippen LogP contribution is -2.44. The van der Waals surface area contributed by atoms with Gasteiger partial charge in [-0.05, 0) is 39.8 Å². The lowest BCUT2D eigenvalue weighted by molar-refractivity contribution is -0.121. The number of amides is 1.